The van der Waals surface area contributed by atoms with Crippen LogP contribution in [0.5, 0.6) is 5.75 Å². The van der Waals surface area contributed by atoms with Gasteiger partial charge in [0, 0.05) is 12.3 Å². The Hall–Kier alpha value is -3.10. The molecule has 1 aliphatic carbocycles. The summed E-state index contributed by atoms with van der Waals surface area (Å²) in [6, 6.07) is 4.10. The number of hydrogen-bond donors (Lipinski definition) is 4. The Balaban J connectivity index is 2.11. The zero-order valence-corrected chi connectivity index (χ0v) is 21.6. The summed E-state index contributed by atoms with van der Waals surface area (Å²) >= 11 is 0. The maximum absolute atomic E-state index is 13.3. The van der Waals surface area contributed by atoms with E-state index in [0.717, 1.165) is 0 Å². The predicted molar refractivity (Wildman–Crippen MR) is 129 cm³/mol. The van der Waals surface area contributed by atoms with Gasteiger partial charge in [-0.05, 0) is 63.6 Å². The van der Waals surface area contributed by atoms with Crippen molar-refractivity contribution in [1.82, 2.24) is 10.6 Å². The summed E-state index contributed by atoms with van der Waals surface area (Å²) in [5, 5.41) is 24.5. The SMILES string of the molecule is CC(NC(=O)C1(C)CCC(C(=O)N[C@@H](Cc2ccc(O)cc2)C(=O)O)C1(C)C)C(=O)OC(C)(C)C. The molecule has 2 amide bonds. The lowest BCUT2D eigenvalue weighted by Gasteiger charge is -2.40. The summed E-state index contributed by atoms with van der Waals surface area (Å²) in [4.78, 5) is 50.6. The van der Waals surface area contributed by atoms with E-state index >= 15 is 0 Å². The third-order valence-corrected chi connectivity index (χ3v) is 7.14. The molecule has 1 saturated carbocycles. The van der Waals surface area contributed by atoms with Gasteiger partial charge in [0.1, 0.15) is 23.4 Å². The van der Waals surface area contributed by atoms with Gasteiger partial charge in [-0.25, -0.2) is 9.59 Å². The van der Waals surface area contributed by atoms with Crippen molar-refractivity contribution < 1.29 is 34.1 Å². The molecule has 35 heavy (non-hydrogen) atoms. The second-order valence-corrected chi connectivity index (χ2v) is 11.1. The first-order valence-corrected chi connectivity index (χ1v) is 11.8. The monoisotopic (exact) mass is 490 g/mol. The van der Waals surface area contributed by atoms with E-state index in [4.69, 9.17) is 4.74 Å². The molecule has 1 aromatic carbocycles. The first-order chi connectivity index (χ1) is 16.0. The summed E-state index contributed by atoms with van der Waals surface area (Å²) in [5.74, 6) is -3.03. The van der Waals surface area contributed by atoms with Gasteiger partial charge in [0.25, 0.3) is 0 Å². The number of hydrogen-bond acceptors (Lipinski definition) is 6. The van der Waals surface area contributed by atoms with Gasteiger partial charge in [-0.3, -0.25) is 9.59 Å². The van der Waals surface area contributed by atoms with Crippen LogP contribution in [-0.4, -0.2) is 51.7 Å². The topological polar surface area (TPSA) is 142 Å². The summed E-state index contributed by atoms with van der Waals surface area (Å²) in [6.07, 6.45) is 0.857. The van der Waals surface area contributed by atoms with E-state index in [2.05, 4.69) is 10.6 Å². The lowest BCUT2D eigenvalue weighted by molar-refractivity contribution is -0.159. The number of nitrogens with one attached hydrogen (secondary N) is 2. The highest BCUT2D eigenvalue weighted by Crippen LogP contribution is 2.56. The summed E-state index contributed by atoms with van der Waals surface area (Å²) < 4.78 is 5.34. The number of phenols is 1. The molecule has 1 aromatic rings. The van der Waals surface area contributed by atoms with Gasteiger partial charge in [-0.15, -0.1) is 0 Å². The molecule has 0 aromatic heterocycles. The highest BCUT2D eigenvalue weighted by molar-refractivity contribution is 5.91. The highest BCUT2D eigenvalue weighted by atomic mass is 16.6. The van der Waals surface area contributed by atoms with Crippen molar-refractivity contribution in [3.05, 3.63) is 29.8 Å². The van der Waals surface area contributed by atoms with Crippen LogP contribution in [0.4, 0.5) is 0 Å². The number of carbonyl (C=O) groups is 4. The Bertz CT molecular complexity index is 965. The average molecular weight is 491 g/mol. The number of aliphatic carboxylic acids is 1. The average Bonchev–Trinajstić information content (AvgIpc) is 2.97. The van der Waals surface area contributed by atoms with Crippen molar-refractivity contribution >= 4 is 23.8 Å². The minimum Gasteiger partial charge on any atom is -0.508 e. The molecule has 194 valence electrons. The van der Waals surface area contributed by atoms with Crippen LogP contribution in [-0.2, 0) is 30.3 Å². The van der Waals surface area contributed by atoms with E-state index in [9.17, 15) is 29.4 Å². The normalized spacial score (nSPS) is 23.1. The number of phenolic OH excluding ortho intramolecular Hbond substituents is 1. The number of ether oxygens (including phenoxy) is 1. The molecule has 4 atom stereocenters. The third kappa shape index (κ3) is 6.52. The molecule has 0 bridgehead atoms. The molecule has 4 N–H and O–H groups in total. The van der Waals surface area contributed by atoms with Crippen molar-refractivity contribution in [3.63, 3.8) is 0 Å². The smallest absolute Gasteiger partial charge is 0.328 e. The van der Waals surface area contributed by atoms with Gasteiger partial charge in [0.15, 0.2) is 0 Å². The summed E-state index contributed by atoms with van der Waals surface area (Å²) in [6.45, 7) is 12.2. The molecule has 1 fully saturated rings. The first-order valence-electron chi connectivity index (χ1n) is 11.8. The van der Waals surface area contributed by atoms with Crippen LogP contribution < -0.4 is 10.6 Å². The highest BCUT2D eigenvalue weighted by Gasteiger charge is 2.58. The molecule has 1 aliphatic rings. The van der Waals surface area contributed by atoms with E-state index < -0.39 is 52.3 Å². The van der Waals surface area contributed by atoms with E-state index in [1.165, 1.54) is 12.1 Å². The number of esters is 1. The van der Waals surface area contributed by atoms with Gasteiger partial charge in [-0.2, -0.15) is 0 Å². The Labute approximate surface area is 206 Å². The Morgan fingerprint density at radius 3 is 2.17 bits per heavy atom. The molecule has 0 spiro atoms. The lowest BCUT2D eigenvalue weighted by Crippen LogP contribution is -2.54. The molecule has 0 saturated heterocycles. The summed E-state index contributed by atoms with van der Waals surface area (Å²) in [7, 11) is 0. The van der Waals surface area contributed by atoms with Gasteiger partial charge in [0.05, 0.1) is 5.41 Å². The molecule has 0 aliphatic heterocycles. The fourth-order valence-corrected chi connectivity index (χ4v) is 4.51. The fourth-order valence-electron chi connectivity index (χ4n) is 4.51. The molecular formula is C26H38N2O7. The van der Waals surface area contributed by atoms with Crippen molar-refractivity contribution in [2.24, 2.45) is 16.7 Å². The van der Waals surface area contributed by atoms with E-state index in [-0.39, 0.29) is 18.1 Å². The van der Waals surface area contributed by atoms with Gasteiger partial charge in [0.2, 0.25) is 11.8 Å². The van der Waals surface area contributed by atoms with E-state index in [0.29, 0.717) is 18.4 Å². The summed E-state index contributed by atoms with van der Waals surface area (Å²) in [5.41, 5.74) is -1.80. The minimum atomic E-state index is -1.17. The third-order valence-electron chi connectivity index (χ3n) is 7.14. The minimum absolute atomic E-state index is 0.0552. The number of rotatable bonds is 8. The molecule has 2 rings (SSSR count). The number of amides is 2. The molecular weight excluding hydrogens is 452 g/mol. The second kappa shape index (κ2) is 10.3. The predicted octanol–water partition coefficient (Wildman–Crippen LogP) is 2.79. The Morgan fingerprint density at radius 2 is 1.66 bits per heavy atom. The molecule has 0 radical (unpaired) electrons. The molecule has 9 nitrogen and oxygen atoms in total. The van der Waals surface area contributed by atoms with Gasteiger partial charge < -0.3 is 25.6 Å². The number of benzene rings is 1. The largest absolute Gasteiger partial charge is 0.508 e. The Morgan fingerprint density at radius 1 is 1.09 bits per heavy atom. The number of carboxylic acids is 1. The standard InChI is InChI=1S/C26H38N2O7/c1-15(22(33)35-24(2,3)4)27-23(34)26(7)13-12-18(25(26,5)6)20(30)28-19(21(31)32)14-16-8-10-17(29)11-9-16/h8-11,15,18-19,29H,12-14H2,1-7H3,(H,27,34)(H,28,30)(H,31,32)/t15?,18?,19-,26?/m0/s1. The van der Waals surface area contributed by atoms with Crippen molar-refractivity contribution in [2.75, 3.05) is 0 Å². The second-order valence-electron chi connectivity index (χ2n) is 11.1. The quantitative estimate of drug-likeness (QED) is 0.411. The van der Waals surface area contributed by atoms with Gasteiger partial charge in [-0.1, -0.05) is 32.9 Å². The van der Waals surface area contributed by atoms with Crippen molar-refractivity contribution in [3.8, 4) is 5.75 Å². The maximum Gasteiger partial charge on any atom is 0.328 e. The van der Waals surface area contributed by atoms with Crippen LogP contribution in [0.3, 0.4) is 0 Å². The molecule has 3 unspecified atom stereocenters. The fraction of sp³-hybridized carbons (Fsp3) is 0.615. The molecule has 0 heterocycles. The number of aromatic hydroxyl groups is 1. The van der Waals surface area contributed by atoms with Crippen LogP contribution in [0.1, 0.15) is 66.9 Å². The van der Waals surface area contributed by atoms with Gasteiger partial charge >= 0.3 is 11.9 Å². The van der Waals surface area contributed by atoms with Crippen LogP contribution >= 0.6 is 0 Å². The lowest BCUT2D eigenvalue weighted by atomic mass is 9.65. The van der Waals surface area contributed by atoms with Crippen molar-refractivity contribution in [1.29, 1.82) is 0 Å². The van der Waals surface area contributed by atoms with Crippen LogP contribution in [0.15, 0.2) is 24.3 Å². The zero-order chi connectivity index (χ0) is 26.8. The van der Waals surface area contributed by atoms with Crippen LogP contribution in [0.25, 0.3) is 0 Å². The Kier molecular flexibility index (Phi) is 8.25. The van der Waals surface area contributed by atoms with Crippen molar-refractivity contribution in [2.45, 2.75) is 85.4 Å². The van der Waals surface area contributed by atoms with Crippen LogP contribution in [0, 0.1) is 16.7 Å². The number of carbonyl (C=O) groups excluding carboxylic acids is 3. The number of carboxylic acid groups (broad SMARTS) is 1. The van der Waals surface area contributed by atoms with E-state index in [1.54, 1.807) is 46.8 Å². The maximum atomic E-state index is 13.3. The molecule has 9 heteroatoms. The van der Waals surface area contributed by atoms with Crippen LogP contribution in [0.2, 0.25) is 0 Å². The van der Waals surface area contributed by atoms with E-state index in [1.807, 2.05) is 13.8 Å². The zero-order valence-electron chi connectivity index (χ0n) is 21.6. The first kappa shape index (κ1) is 28.1.